The van der Waals surface area contributed by atoms with Gasteiger partial charge in [0.1, 0.15) is 4.60 Å². The molecule has 4 nitrogen and oxygen atoms in total. The quantitative estimate of drug-likeness (QED) is 0.777. The molecule has 5 heteroatoms. The van der Waals surface area contributed by atoms with Crippen LogP contribution in [0.15, 0.2) is 10.7 Å². The van der Waals surface area contributed by atoms with E-state index in [1.165, 1.54) is 0 Å². The fourth-order valence-corrected chi connectivity index (χ4v) is 1.48. The summed E-state index contributed by atoms with van der Waals surface area (Å²) in [4.78, 5) is 14.5. The summed E-state index contributed by atoms with van der Waals surface area (Å²) in [5.74, 6) is -1.10. The Labute approximate surface area is 83.9 Å². The molecule has 0 atom stereocenters. The molecule has 0 fully saturated rings. The molecular weight excluding hydrogens is 236 g/mol. The fraction of sp³-hybridized carbons (Fsp3) is 0.250. The van der Waals surface area contributed by atoms with E-state index >= 15 is 0 Å². The van der Waals surface area contributed by atoms with Crippen LogP contribution in [-0.4, -0.2) is 16.1 Å². The lowest BCUT2D eigenvalue weighted by Gasteiger charge is -2.05. The van der Waals surface area contributed by atoms with Crippen molar-refractivity contribution in [3.8, 4) is 0 Å². The molecule has 1 heterocycles. The predicted molar refractivity (Wildman–Crippen MR) is 52.7 cm³/mol. The average Bonchev–Trinajstić information content (AvgIpc) is 2.08. The van der Waals surface area contributed by atoms with Crippen LogP contribution in [0, 0.1) is 0 Å². The van der Waals surface area contributed by atoms with Crippen LogP contribution in [-0.2, 0) is 6.42 Å². The number of halogens is 1. The number of aryl methyl sites for hydroxylation is 1. The highest BCUT2D eigenvalue weighted by Gasteiger charge is 2.13. The molecule has 0 unspecified atom stereocenters. The summed E-state index contributed by atoms with van der Waals surface area (Å²) in [6.45, 7) is 1.91. The zero-order valence-electron chi connectivity index (χ0n) is 7.04. The summed E-state index contributed by atoms with van der Waals surface area (Å²) < 4.78 is 0.496. The second kappa shape index (κ2) is 3.74. The second-order valence-corrected chi connectivity index (χ2v) is 3.34. The number of pyridine rings is 1. The molecule has 1 aromatic heterocycles. The average molecular weight is 245 g/mol. The molecule has 0 aliphatic carbocycles. The molecule has 13 heavy (non-hydrogen) atoms. The molecule has 0 amide bonds. The van der Waals surface area contributed by atoms with Gasteiger partial charge in [0, 0.05) is 0 Å². The van der Waals surface area contributed by atoms with Gasteiger partial charge in [0.05, 0.1) is 5.69 Å². The smallest absolute Gasteiger partial charge is 0.356 e. The van der Waals surface area contributed by atoms with Crippen LogP contribution in [0.4, 0.5) is 5.69 Å². The first kappa shape index (κ1) is 9.98. The molecule has 0 aliphatic rings. The van der Waals surface area contributed by atoms with E-state index in [4.69, 9.17) is 10.8 Å². The van der Waals surface area contributed by atoms with Crippen molar-refractivity contribution in [3.05, 3.63) is 21.9 Å². The summed E-state index contributed by atoms with van der Waals surface area (Å²) in [7, 11) is 0. The number of rotatable bonds is 2. The van der Waals surface area contributed by atoms with Crippen LogP contribution in [0.25, 0.3) is 0 Å². The summed E-state index contributed by atoms with van der Waals surface area (Å²) >= 11 is 3.13. The molecule has 3 N–H and O–H groups in total. The van der Waals surface area contributed by atoms with E-state index in [2.05, 4.69) is 20.9 Å². The Hall–Kier alpha value is -1.10. The van der Waals surface area contributed by atoms with Crippen LogP contribution in [0.5, 0.6) is 0 Å². The van der Waals surface area contributed by atoms with Crippen molar-refractivity contribution in [2.45, 2.75) is 13.3 Å². The number of aromatic carboxylic acids is 1. The van der Waals surface area contributed by atoms with E-state index in [0.29, 0.717) is 11.0 Å². The molecule has 0 bridgehead atoms. The Balaban J connectivity index is 3.35. The fourth-order valence-electron chi connectivity index (χ4n) is 1.03. The Kier molecular flexibility index (Phi) is 2.87. The number of nitrogens with two attached hydrogens (primary N) is 1. The monoisotopic (exact) mass is 244 g/mol. The number of carboxylic acid groups (broad SMARTS) is 1. The first-order valence-electron chi connectivity index (χ1n) is 3.74. The van der Waals surface area contributed by atoms with Crippen molar-refractivity contribution >= 4 is 27.6 Å². The maximum Gasteiger partial charge on any atom is 0.356 e. The summed E-state index contributed by atoms with van der Waals surface area (Å²) in [5.41, 5.74) is 6.55. The largest absolute Gasteiger partial charge is 0.476 e. The minimum Gasteiger partial charge on any atom is -0.476 e. The van der Waals surface area contributed by atoms with Gasteiger partial charge in [0.15, 0.2) is 5.69 Å². The lowest BCUT2D eigenvalue weighted by molar-refractivity contribution is 0.0691. The van der Waals surface area contributed by atoms with Gasteiger partial charge in [-0.1, -0.05) is 6.92 Å². The third-order valence-electron chi connectivity index (χ3n) is 1.70. The Morgan fingerprint density at radius 1 is 1.77 bits per heavy atom. The highest BCUT2D eigenvalue weighted by molar-refractivity contribution is 9.10. The number of carboxylic acids is 1. The SMILES string of the molecule is CCc1cc(Br)nc(C(=O)O)c1N. The molecule has 0 radical (unpaired) electrons. The van der Waals surface area contributed by atoms with Gasteiger partial charge < -0.3 is 10.8 Å². The van der Waals surface area contributed by atoms with E-state index in [1.54, 1.807) is 6.07 Å². The number of carbonyl (C=O) groups is 1. The number of aromatic nitrogens is 1. The lowest BCUT2D eigenvalue weighted by Crippen LogP contribution is -2.08. The zero-order valence-corrected chi connectivity index (χ0v) is 8.63. The van der Waals surface area contributed by atoms with Gasteiger partial charge in [-0.2, -0.15) is 0 Å². The molecule has 0 saturated heterocycles. The summed E-state index contributed by atoms with van der Waals surface area (Å²) in [5, 5.41) is 8.75. The van der Waals surface area contributed by atoms with Crippen molar-refractivity contribution in [2.24, 2.45) is 0 Å². The molecule has 0 aliphatic heterocycles. The van der Waals surface area contributed by atoms with Crippen molar-refractivity contribution in [2.75, 3.05) is 5.73 Å². The topological polar surface area (TPSA) is 76.2 Å². The molecule has 1 rings (SSSR count). The predicted octanol–water partition coefficient (Wildman–Crippen LogP) is 1.69. The van der Waals surface area contributed by atoms with E-state index < -0.39 is 5.97 Å². The maximum absolute atomic E-state index is 10.7. The normalized spacial score (nSPS) is 10.0. The van der Waals surface area contributed by atoms with Crippen molar-refractivity contribution < 1.29 is 9.90 Å². The molecule has 0 saturated carbocycles. The van der Waals surface area contributed by atoms with Crippen LogP contribution < -0.4 is 5.73 Å². The number of nitrogens with zero attached hydrogens (tertiary/aromatic N) is 1. The summed E-state index contributed by atoms with van der Waals surface area (Å²) in [6.07, 6.45) is 0.688. The highest BCUT2D eigenvalue weighted by atomic mass is 79.9. The second-order valence-electron chi connectivity index (χ2n) is 2.53. The van der Waals surface area contributed by atoms with Crippen LogP contribution in [0.1, 0.15) is 23.0 Å². The van der Waals surface area contributed by atoms with Gasteiger partial charge in [-0.25, -0.2) is 9.78 Å². The van der Waals surface area contributed by atoms with Gasteiger partial charge in [-0.15, -0.1) is 0 Å². The van der Waals surface area contributed by atoms with Crippen LogP contribution >= 0.6 is 15.9 Å². The van der Waals surface area contributed by atoms with Gasteiger partial charge in [0.2, 0.25) is 0 Å². The van der Waals surface area contributed by atoms with Crippen LogP contribution in [0.2, 0.25) is 0 Å². The van der Waals surface area contributed by atoms with E-state index in [1.807, 2.05) is 6.92 Å². The van der Waals surface area contributed by atoms with Crippen molar-refractivity contribution in [1.29, 1.82) is 0 Å². The minimum absolute atomic E-state index is 0.0915. The number of anilines is 1. The van der Waals surface area contributed by atoms with Gasteiger partial charge >= 0.3 is 5.97 Å². The van der Waals surface area contributed by atoms with Gasteiger partial charge in [-0.3, -0.25) is 0 Å². The molecular formula is C8H9BrN2O2. The number of nitrogen functional groups attached to an aromatic ring is 1. The Morgan fingerprint density at radius 2 is 2.38 bits per heavy atom. The molecule has 0 spiro atoms. The van der Waals surface area contributed by atoms with E-state index in [-0.39, 0.29) is 11.4 Å². The standard InChI is InChI=1S/C8H9BrN2O2/c1-2-4-3-5(9)11-7(6(4)10)8(12)13/h3H,2,10H2,1H3,(H,12,13). The Bertz CT molecular complexity index is 352. The zero-order chi connectivity index (χ0) is 10.0. The van der Waals surface area contributed by atoms with Crippen molar-refractivity contribution in [1.82, 2.24) is 4.98 Å². The molecule has 0 aromatic carbocycles. The highest BCUT2D eigenvalue weighted by Crippen LogP contribution is 2.20. The van der Waals surface area contributed by atoms with E-state index in [9.17, 15) is 4.79 Å². The third kappa shape index (κ3) is 1.98. The lowest BCUT2D eigenvalue weighted by atomic mass is 10.1. The van der Waals surface area contributed by atoms with E-state index in [0.717, 1.165) is 5.56 Å². The van der Waals surface area contributed by atoms with Crippen LogP contribution in [0.3, 0.4) is 0 Å². The maximum atomic E-state index is 10.7. The van der Waals surface area contributed by atoms with Crippen molar-refractivity contribution in [3.63, 3.8) is 0 Å². The van der Waals surface area contributed by atoms with Gasteiger partial charge in [-0.05, 0) is 34.0 Å². The summed E-state index contributed by atoms with van der Waals surface area (Å²) in [6, 6.07) is 1.72. The molecule has 70 valence electrons. The third-order valence-corrected chi connectivity index (χ3v) is 2.10. The first-order chi connectivity index (χ1) is 6.06. The number of hydrogen-bond acceptors (Lipinski definition) is 3. The minimum atomic E-state index is -1.10. The van der Waals surface area contributed by atoms with Gasteiger partial charge in [0.25, 0.3) is 0 Å². The first-order valence-corrected chi connectivity index (χ1v) is 4.53. The Morgan fingerprint density at radius 3 is 2.85 bits per heavy atom. The number of hydrogen-bond donors (Lipinski definition) is 2. The molecule has 1 aromatic rings.